The zero-order chi connectivity index (χ0) is 20.6. The number of carbonyl (C=O) groups is 2. The number of piperidine rings is 1. The molecule has 0 aromatic heterocycles. The van der Waals surface area contributed by atoms with Gasteiger partial charge in [-0.05, 0) is 49.9 Å². The van der Waals surface area contributed by atoms with E-state index in [1.165, 1.54) is 0 Å². The summed E-state index contributed by atoms with van der Waals surface area (Å²) in [5, 5.41) is 3.02. The SMILES string of the molecule is CCC(CC)C(=O)N1CCC(C(=O)Nc2ccccc2Oc2ccccc2)CC1. The van der Waals surface area contributed by atoms with Gasteiger partial charge in [0.2, 0.25) is 11.8 Å². The molecule has 0 radical (unpaired) electrons. The van der Waals surface area contributed by atoms with Crippen LogP contribution in [0.3, 0.4) is 0 Å². The summed E-state index contributed by atoms with van der Waals surface area (Å²) in [7, 11) is 0. The lowest BCUT2D eigenvalue weighted by Gasteiger charge is -2.33. The summed E-state index contributed by atoms with van der Waals surface area (Å²) in [6.45, 7) is 5.41. The Bertz CT molecular complexity index is 810. The Labute approximate surface area is 173 Å². The molecule has 0 spiro atoms. The second kappa shape index (κ2) is 10.1. The fourth-order valence-electron chi connectivity index (χ4n) is 3.77. The van der Waals surface area contributed by atoms with Crippen molar-refractivity contribution in [2.24, 2.45) is 11.8 Å². The quantitative estimate of drug-likeness (QED) is 0.711. The number of benzene rings is 2. The second-order valence-electron chi connectivity index (χ2n) is 7.51. The highest BCUT2D eigenvalue weighted by atomic mass is 16.5. The number of hydrogen-bond donors (Lipinski definition) is 1. The van der Waals surface area contributed by atoms with E-state index in [0.29, 0.717) is 37.4 Å². The number of nitrogens with one attached hydrogen (secondary N) is 1. The standard InChI is InChI=1S/C24H30N2O3/c1-3-18(4-2)24(28)26-16-14-19(15-17-26)23(27)25-21-12-8-9-13-22(21)29-20-10-6-5-7-11-20/h5-13,18-19H,3-4,14-17H2,1-2H3,(H,25,27). The van der Waals surface area contributed by atoms with E-state index < -0.39 is 0 Å². The molecule has 0 bridgehead atoms. The Morgan fingerprint density at radius 2 is 1.62 bits per heavy atom. The molecule has 0 unspecified atom stereocenters. The highest BCUT2D eigenvalue weighted by molar-refractivity contribution is 5.94. The molecule has 0 aliphatic carbocycles. The second-order valence-corrected chi connectivity index (χ2v) is 7.51. The highest BCUT2D eigenvalue weighted by Gasteiger charge is 2.29. The van der Waals surface area contributed by atoms with E-state index in [0.717, 1.165) is 18.6 Å². The molecule has 1 saturated heterocycles. The number of hydrogen-bond acceptors (Lipinski definition) is 3. The van der Waals surface area contributed by atoms with Crippen molar-refractivity contribution >= 4 is 17.5 Å². The number of amides is 2. The molecule has 5 heteroatoms. The van der Waals surface area contributed by atoms with Crippen LogP contribution in [0.2, 0.25) is 0 Å². The van der Waals surface area contributed by atoms with Gasteiger partial charge in [0.1, 0.15) is 5.75 Å². The zero-order valence-electron chi connectivity index (χ0n) is 17.3. The third-order valence-corrected chi connectivity index (χ3v) is 5.63. The van der Waals surface area contributed by atoms with Crippen molar-refractivity contribution in [3.63, 3.8) is 0 Å². The van der Waals surface area contributed by atoms with Gasteiger partial charge in [0, 0.05) is 24.9 Å². The lowest BCUT2D eigenvalue weighted by molar-refractivity contribution is -0.138. The maximum absolute atomic E-state index is 12.8. The molecule has 2 aromatic carbocycles. The van der Waals surface area contributed by atoms with Crippen LogP contribution in [0.1, 0.15) is 39.5 Å². The number of likely N-dealkylation sites (tertiary alicyclic amines) is 1. The minimum atomic E-state index is -0.0921. The molecule has 0 saturated carbocycles. The molecule has 3 rings (SSSR count). The molecule has 1 aliphatic rings. The Kier molecular flexibility index (Phi) is 7.28. The third kappa shape index (κ3) is 5.37. The van der Waals surface area contributed by atoms with Crippen LogP contribution in [0.25, 0.3) is 0 Å². The first kappa shape index (κ1) is 20.9. The van der Waals surface area contributed by atoms with Crippen LogP contribution in [0.4, 0.5) is 5.69 Å². The minimum absolute atomic E-state index is 0.0104. The van der Waals surface area contributed by atoms with Crippen LogP contribution in [-0.2, 0) is 9.59 Å². The Hall–Kier alpha value is -2.82. The lowest BCUT2D eigenvalue weighted by atomic mass is 9.93. The van der Waals surface area contributed by atoms with Crippen LogP contribution in [0.5, 0.6) is 11.5 Å². The van der Waals surface area contributed by atoms with Gasteiger partial charge >= 0.3 is 0 Å². The van der Waals surface area contributed by atoms with Crippen molar-refractivity contribution in [3.05, 3.63) is 54.6 Å². The monoisotopic (exact) mass is 394 g/mol. The first-order valence-electron chi connectivity index (χ1n) is 10.5. The van der Waals surface area contributed by atoms with Crippen molar-refractivity contribution < 1.29 is 14.3 Å². The third-order valence-electron chi connectivity index (χ3n) is 5.63. The lowest BCUT2D eigenvalue weighted by Crippen LogP contribution is -2.43. The molecule has 1 fully saturated rings. The molecule has 29 heavy (non-hydrogen) atoms. The average Bonchev–Trinajstić information content (AvgIpc) is 2.76. The largest absolute Gasteiger partial charge is 0.455 e. The van der Waals surface area contributed by atoms with Crippen LogP contribution in [-0.4, -0.2) is 29.8 Å². The van der Waals surface area contributed by atoms with Gasteiger partial charge in [-0.15, -0.1) is 0 Å². The molecule has 0 atom stereocenters. The van der Waals surface area contributed by atoms with E-state index in [4.69, 9.17) is 4.74 Å². The first-order chi connectivity index (χ1) is 14.1. The molecule has 2 aromatic rings. The minimum Gasteiger partial charge on any atom is -0.455 e. The summed E-state index contributed by atoms with van der Waals surface area (Å²) < 4.78 is 5.93. The highest BCUT2D eigenvalue weighted by Crippen LogP contribution is 2.30. The number of anilines is 1. The van der Waals surface area contributed by atoms with Gasteiger partial charge in [0.05, 0.1) is 5.69 Å². The molecule has 2 amide bonds. The predicted octanol–water partition coefficient (Wildman–Crippen LogP) is 5.09. The van der Waals surface area contributed by atoms with Crippen LogP contribution >= 0.6 is 0 Å². The van der Waals surface area contributed by atoms with Gasteiger partial charge in [-0.1, -0.05) is 44.2 Å². The fraction of sp³-hybridized carbons (Fsp3) is 0.417. The van der Waals surface area contributed by atoms with Crippen molar-refractivity contribution in [2.75, 3.05) is 18.4 Å². The van der Waals surface area contributed by atoms with Crippen LogP contribution in [0.15, 0.2) is 54.6 Å². The van der Waals surface area contributed by atoms with Crippen LogP contribution in [0, 0.1) is 11.8 Å². The van der Waals surface area contributed by atoms with E-state index in [-0.39, 0.29) is 23.7 Å². The van der Waals surface area contributed by atoms with Crippen molar-refractivity contribution in [1.82, 2.24) is 4.90 Å². The average molecular weight is 395 g/mol. The number of carbonyl (C=O) groups excluding carboxylic acids is 2. The first-order valence-corrected chi connectivity index (χ1v) is 10.5. The molecular weight excluding hydrogens is 364 g/mol. The molecule has 1 N–H and O–H groups in total. The predicted molar refractivity (Wildman–Crippen MR) is 115 cm³/mol. The molecule has 1 heterocycles. The normalized spacial score (nSPS) is 14.7. The van der Waals surface area contributed by atoms with E-state index in [9.17, 15) is 9.59 Å². The van der Waals surface area contributed by atoms with Crippen molar-refractivity contribution in [1.29, 1.82) is 0 Å². The Morgan fingerprint density at radius 1 is 1.00 bits per heavy atom. The number of ether oxygens (including phenoxy) is 1. The van der Waals surface area contributed by atoms with Gasteiger partial charge in [-0.3, -0.25) is 9.59 Å². The van der Waals surface area contributed by atoms with Gasteiger partial charge in [-0.25, -0.2) is 0 Å². The summed E-state index contributed by atoms with van der Waals surface area (Å²) in [6, 6.07) is 17.0. The summed E-state index contributed by atoms with van der Waals surface area (Å²) in [6.07, 6.45) is 3.13. The van der Waals surface area contributed by atoms with Crippen LogP contribution < -0.4 is 10.1 Å². The number of nitrogens with zero attached hydrogens (tertiary/aromatic N) is 1. The smallest absolute Gasteiger partial charge is 0.227 e. The molecular formula is C24H30N2O3. The maximum Gasteiger partial charge on any atom is 0.227 e. The maximum atomic E-state index is 12.8. The number of para-hydroxylation sites is 3. The topological polar surface area (TPSA) is 58.6 Å². The van der Waals surface area contributed by atoms with Gasteiger partial charge in [-0.2, -0.15) is 0 Å². The summed E-state index contributed by atoms with van der Waals surface area (Å²) in [5.41, 5.74) is 0.664. The summed E-state index contributed by atoms with van der Waals surface area (Å²) in [5.74, 6) is 1.57. The Balaban J connectivity index is 1.59. The van der Waals surface area contributed by atoms with Crippen molar-refractivity contribution in [2.45, 2.75) is 39.5 Å². The fourth-order valence-corrected chi connectivity index (χ4v) is 3.77. The zero-order valence-corrected chi connectivity index (χ0v) is 17.3. The number of rotatable bonds is 7. The van der Waals surface area contributed by atoms with E-state index in [1.54, 1.807) is 0 Å². The van der Waals surface area contributed by atoms with Gasteiger partial charge in [0.15, 0.2) is 5.75 Å². The Morgan fingerprint density at radius 3 is 2.28 bits per heavy atom. The van der Waals surface area contributed by atoms with Crippen molar-refractivity contribution in [3.8, 4) is 11.5 Å². The van der Waals surface area contributed by atoms with Gasteiger partial charge in [0.25, 0.3) is 0 Å². The van der Waals surface area contributed by atoms with E-state index >= 15 is 0 Å². The van der Waals surface area contributed by atoms with E-state index in [1.807, 2.05) is 59.5 Å². The summed E-state index contributed by atoms with van der Waals surface area (Å²) in [4.78, 5) is 27.3. The molecule has 1 aliphatic heterocycles. The summed E-state index contributed by atoms with van der Waals surface area (Å²) >= 11 is 0. The van der Waals surface area contributed by atoms with Gasteiger partial charge < -0.3 is 15.0 Å². The molecule has 5 nitrogen and oxygen atoms in total. The van der Waals surface area contributed by atoms with E-state index in [2.05, 4.69) is 19.2 Å². The molecule has 154 valence electrons.